The lowest BCUT2D eigenvalue weighted by Crippen LogP contribution is -2.40. The molecule has 0 fully saturated rings. The van der Waals surface area contributed by atoms with Gasteiger partial charge in [0, 0.05) is 25.7 Å². The van der Waals surface area contributed by atoms with Crippen molar-refractivity contribution in [3.8, 4) is 5.75 Å². The number of amides is 2. The first kappa shape index (κ1) is 16.3. The standard InChI is InChI=1S/C14H19ClN2O3/c1-4-7-17(9-13(19)16(2)3)14(20)11-8-10(15)5-6-12(11)18/h5-6,8,18H,4,7,9H2,1-3H3. The number of carbonyl (C=O) groups excluding carboxylic acids is 2. The summed E-state index contributed by atoms with van der Waals surface area (Å²) in [5.41, 5.74) is 0.109. The summed E-state index contributed by atoms with van der Waals surface area (Å²) in [7, 11) is 3.27. The second-order valence-electron chi connectivity index (χ2n) is 4.68. The Morgan fingerprint density at radius 3 is 2.50 bits per heavy atom. The topological polar surface area (TPSA) is 60.9 Å². The second kappa shape index (κ2) is 7.14. The molecule has 1 rings (SSSR count). The number of benzene rings is 1. The first-order chi connectivity index (χ1) is 9.36. The summed E-state index contributed by atoms with van der Waals surface area (Å²) in [5.74, 6) is -0.715. The van der Waals surface area contributed by atoms with E-state index in [-0.39, 0.29) is 23.8 Å². The fourth-order valence-corrected chi connectivity index (χ4v) is 1.85. The van der Waals surface area contributed by atoms with Crippen molar-refractivity contribution in [2.75, 3.05) is 27.2 Å². The van der Waals surface area contributed by atoms with Crippen LogP contribution in [0.1, 0.15) is 23.7 Å². The minimum absolute atomic E-state index is 0.0222. The van der Waals surface area contributed by atoms with Gasteiger partial charge in [-0.05, 0) is 24.6 Å². The zero-order chi connectivity index (χ0) is 15.3. The van der Waals surface area contributed by atoms with Gasteiger partial charge in [0.2, 0.25) is 5.91 Å². The number of rotatable bonds is 5. The van der Waals surface area contributed by atoms with Gasteiger partial charge in [0.05, 0.1) is 5.56 Å². The van der Waals surface area contributed by atoms with Gasteiger partial charge in [-0.15, -0.1) is 0 Å². The van der Waals surface area contributed by atoms with Crippen LogP contribution in [0.25, 0.3) is 0 Å². The van der Waals surface area contributed by atoms with E-state index in [0.29, 0.717) is 18.0 Å². The van der Waals surface area contributed by atoms with E-state index in [1.54, 1.807) is 14.1 Å². The molecule has 1 aromatic rings. The molecule has 0 saturated carbocycles. The molecule has 20 heavy (non-hydrogen) atoms. The van der Waals surface area contributed by atoms with Gasteiger partial charge in [0.25, 0.3) is 5.91 Å². The molecule has 0 bridgehead atoms. The number of phenols is 1. The molecule has 0 aliphatic carbocycles. The number of likely N-dealkylation sites (N-methyl/N-ethyl adjacent to an activating group) is 1. The van der Waals surface area contributed by atoms with Crippen LogP contribution in [0, 0.1) is 0 Å². The Labute approximate surface area is 123 Å². The van der Waals surface area contributed by atoms with Gasteiger partial charge in [-0.2, -0.15) is 0 Å². The normalized spacial score (nSPS) is 10.2. The van der Waals surface area contributed by atoms with Gasteiger partial charge < -0.3 is 14.9 Å². The predicted molar refractivity (Wildman–Crippen MR) is 78.0 cm³/mol. The lowest BCUT2D eigenvalue weighted by molar-refractivity contribution is -0.129. The third-order valence-electron chi connectivity index (χ3n) is 2.79. The van der Waals surface area contributed by atoms with E-state index in [4.69, 9.17) is 11.6 Å². The van der Waals surface area contributed by atoms with E-state index in [2.05, 4.69) is 0 Å². The number of carbonyl (C=O) groups is 2. The Morgan fingerprint density at radius 1 is 1.30 bits per heavy atom. The maximum Gasteiger partial charge on any atom is 0.258 e. The summed E-state index contributed by atoms with van der Waals surface area (Å²) in [5, 5.41) is 10.1. The molecular formula is C14H19ClN2O3. The van der Waals surface area contributed by atoms with Crippen molar-refractivity contribution in [3.63, 3.8) is 0 Å². The van der Waals surface area contributed by atoms with Crippen molar-refractivity contribution in [1.82, 2.24) is 9.80 Å². The summed E-state index contributed by atoms with van der Waals surface area (Å²) in [4.78, 5) is 27.0. The van der Waals surface area contributed by atoms with Gasteiger partial charge in [-0.1, -0.05) is 18.5 Å². The monoisotopic (exact) mass is 298 g/mol. The lowest BCUT2D eigenvalue weighted by atomic mass is 10.1. The first-order valence-electron chi connectivity index (χ1n) is 6.34. The van der Waals surface area contributed by atoms with Gasteiger partial charge in [-0.3, -0.25) is 9.59 Å². The molecule has 6 heteroatoms. The number of phenolic OH excluding ortho intramolecular Hbond substituents is 1. The van der Waals surface area contributed by atoms with Crippen molar-refractivity contribution in [3.05, 3.63) is 28.8 Å². The number of halogens is 1. The van der Waals surface area contributed by atoms with Crippen LogP contribution in [0.15, 0.2) is 18.2 Å². The average molecular weight is 299 g/mol. The third kappa shape index (κ3) is 4.13. The molecule has 0 atom stereocenters. The van der Waals surface area contributed by atoms with Gasteiger partial charge >= 0.3 is 0 Å². The molecular weight excluding hydrogens is 280 g/mol. The number of aromatic hydroxyl groups is 1. The van der Waals surface area contributed by atoms with Crippen LogP contribution in [0.4, 0.5) is 0 Å². The van der Waals surface area contributed by atoms with Crippen molar-refractivity contribution >= 4 is 23.4 Å². The smallest absolute Gasteiger partial charge is 0.258 e. The number of hydrogen-bond donors (Lipinski definition) is 1. The van der Waals surface area contributed by atoms with Crippen LogP contribution in [0.5, 0.6) is 5.75 Å². The average Bonchev–Trinajstić information content (AvgIpc) is 2.40. The van der Waals surface area contributed by atoms with E-state index in [1.807, 2.05) is 6.92 Å². The molecule has 0 spiro atoms. The fraction of sp³-hybridized carbons (Fsp3) is 0.429. The zero-order valence-corrected chi connectivity index (χ0v) is 12.6. The molecule has 5 nitrogen and oxygen atoms in total. The molecule has 0 aliphatic heterocycles. The molecule has 0 unspecified atom stereocenters. The third-order valence-corrected chi connectivity index (χ3v) is 3.03. The van der Waals surface area contributed by atoms with Crippen molar-refractivity contribution in [1.29, 1.82) is 0 Å². The largest absolute Gasteiger partial charge is 0.507 e. The van der Waals surface area contributed by atoms with Crippen LogP contribution >= 0.6 is 11.6 Å². The Hall–Kier alpha value is -1.75. The van der Waals surface area contributed by atoms with E-state index in [9.17, 15) is 14.7 Å². The van der Waals surface area contributed by atoms with Crippen LogP contribution in [-0.2, 0) is 4.79 Å². The highest BCUT2D eigenvalue weighted by atomic mass is 35.5. The molecule has 0 heterocycles. The Bertz CT molecular complexity index is 503. The summed E-state index contributed by atoms with van der Waals surface area (Å²) in [6.07, 6.45) is 0.716. The summed E-state index contributed by atoms with van der Waals surface area (Å²) in [6, 6.07) is 4.28. The summed E-state index contributed by atoms with van der Waals surface area (Å²) >= 11 is 5.84. The maximum absolute atomic E-state index is 12.4. The highest BCUT2D eigenvalue weighted by Crippen LogP contribution is 2.23. The fourth-order valence-electron chi connectivity index (χ4n) is 1.68. The Kier molecular flexibility index (Phi) is 5.82. The molecule has 1 N–H and O–H groups in total. The van der Waals surface area contributed by atoms with E-state index < -0.39 is 5.91 Å². The molecule has 0 aliphatic rings. The highest BCUT2D eigenvalue weighted by molar-refractivity contribution is 6.31. The maximum atomic E-state index is 12.4. The van der Waals surface area contributed by atoms with E-state index >= 15 is 0 Å². The van der Waals surface area contributed by atoms with Crippen LogP contribution in [0.2, 0.25) is 5.02 Å². The SMILES string of the molecule is CCCN(CC(=O)N(C)C)C(=O)c1cc(Cl)ccc1O. The minimum Gasteiger partial charge on any atom is -0.507 e. The van der Waals surface area contributed by atoms with Crippen LogP contribution in [0.3, 0.4) is 0 Å². The molecule has 1 aromatic carbocycles. The molecule has 2 amide bonds. The number of hydrogen-bond acceptors (Lipinski definition) is 3. The van der Waals surface area contributed by atoms with Crippen molar-refractivity contribution in [2.45, 2.75) is 13.3 Å². The van der Waals surface area contributed by atoms with Gasteiger partial charge in [0.1, 0.15) is 12.3 Å². The van der Waals surface area contributed by atoms with Crippen LogP contribution in [-0.4, -0.2) is 53.9 Å². The first-order valence-corrected chi connectivity index (χ1v) is 6.72. The molecule has 0 aromatic heterocycles. The van der Waals surface area contributed by atoms with E-state index in [0.717, 1.165) is 0 Å². The predicted octanol–water partition coefficient (Wildman–Crippen LogP) is 1.99. The number of nitrogens with zero attached hydrogens (tertiary/aromatic N) is 2. The Balaban J connectivity index is 2.99. The van der Waals surface area contributed by atoms with E-state index in [1.165, 1.54) is 28.0 Å². The highest BCUT2D eigenvalue weighted by Gasteiger charge is 2.21. The van der Waals surface area contributed by atoms with Gasteiger partial charge in [0.15, 0.2) is 0 Å². The molecule has 110 valence electrons. The van der Waals surface area contributed by atoms with Crippen LogP contribution < -0.4 is 0 Å². The van der Waals surface area contributed by atoms with Crippen molar-refractivity contribution < 1.29 is 14.7 Å². The summed E-state index contributed by atoms with van der Waals surface area (Å²) in [6.45, 7) is 2.33. The zero-order valence-electron chi connectivity index (χ0n) is 11.9. The summed E-state index contributed by atoms with van der Waals surface area (Å²) < 4.78 is 0. The molecule has 0 radical (unpaired) electrons. The Morgan fingerprint density at radius 2 is 1.95 bits per heavy atom. The lowest BCUT2D eigenvalue weighted by Gasteiger charge is -2.23. The molecule has 0 saturated heterocycles. The minimum atomic E-state index is -0.401. The van der Waals surface area contributed by atoms with Gasteiger partial charge in [-0.25, -0.2) is 0 Å². The second-order valence-corrected chi connectivity index (χ2v) is 5.11. The quantitative estimate of drug-likeness (QED) is 0.904. The van der Waals surface area contributed by atoms with Crippen molar-refractivity contribution in [2.24, 2.45) is 0 Å².